The Hall–Kier alpha value is -1.54. The summed E-state index contributed by atoms with van der Waals surface area (Å²) >= 11 is 0. The van der Waals surface area contributed by atoms with E-state index in [1.54, 1.807) is 12.3 Å². The Morgan fingerprint density at radius 1 is 1.00 bits per heavy atom. The minimum atomic E-state index is 0. The first kappa shape index (κ1) is 11.5. The summed E-state index contributed by atoms with van der Waals surface area (Å²) in [5.74, 6) is 0.332. The standard InChI is InChI=1S/C12H11NO.ClH/c14-12-7-2-1-5-10(12)9-11-6-3-4-8-13-11;/h1-8,14H,9H2;1H. The third-order valence-electron chi connectivity index (χ3n) is 2.09. The molecule has 0 amide bonds. The SMILES string of the molecule is Cl.Oc1ccccc1Cc1ccccn1. The van der Waals surface area contributed by atoms with E-state index < -0.39 is 0 Å². The molecular formula is C12H12ClNO. The summed E-state index contributed by atoms with van der Waals surface area (Å²) in [4.78, 5) is 4.20. The topological polar surface area (TPSA) is 33.1 Å². The monoisotopic (exact) mass is 221 g/mol. The van der Waals surface area contributed by atoms with Crippen molar-refractivity contribution in [2.45, 2.75) is 6.42 Å². The molecule has 1 aromatic carbocycles. The summed E-state index contributed by atoms with van der Waals surface area (Å²) in [6.07, 6.45) is 2.43. The molecule has 2 nitrogen and oxygen atoms in total. The van der Waals surface area contributed by atoms with Gasteiger partial charge in [0.2, 0.25) is 0 Å². The summed E-state index contributed by atoms with van der Waals surface area (Å²) in [7, 11) is 0. The van der Waals surface area contributed by atoms with Crippen molar-refractivity contribution in [1.82, 2.24) is 4.98 Å². The number of hydrogen-bond acceptors (Lipinski definition) is 2. The van der Waals surface area contributed by atoms with Gasteiger partial charge in [0.25, 0.3) is 0 Å². The van der Waals surface area contributed by atoms with E-state index >= 15 is 0 Å². The number of phenols is 1. The normalized spacial score (nSPS) is 9.33. The molecule has 0 saturated carbocycles. The predicted octanol–water partition coefficient (Wildman–Crippen LogP) is 2.80. The van der Waals surface area contributed by atoms with Crippen molar-refractivity contribution in [2.75, 3.05) is 0 Å². The highest BCUT2D eigenvalue weighted by molar-refractivity contribution is 5.85. The van der Waals surface area contributed by atoms with Gasteiger partial charge in [0.05, 0.1) is 0 Å². The second-order valence-electron chi connectivity index (χ2n) is 3.13. The molecule has 0 fully saturated rings. The lowest BCUT2D eigenvalue weighted by atomic mass is 10.1. The molecule has 0 atom stereocenters. The van der Waals surface area contributed by atoms with Crippen LogP contribution in [0.5, 0.6) is 5.75 Å². The number of hydrogen-bond donors (Lipinski definition) is 1. The van der Waals surface area contributed by atoms with E-state index in [1.807, 2.05) is 36.4 Å². The molecule has 2 rings (SSSR count). The fraction of sp³-hybridized carbons (Fsp3) is 0.0833. The Bertz CT molecular complexity index is 417. The lowest BCUT2D eigenvalue weighted by molar-refractivity contribution is 0.469. The molecule has 2 aromatic rings. The van der Waals surface area contributed by atoms with Gasteiger partial charge < -0.3 is 5.11 Å². The van der Waals surface area contributed by atoms with Crippen molar-refractivity contribution in [3.63, 3.8) is 0 Å². The number of rotatable bonds is 2. The van der Waals surface area contributed by atoms with Gasteiger partial charge in [-0.3, -0.25) is 4.98 Å². The molecule has 1 N–H and O–H groups in total. The van der Waals surface area contributed by atoms with Crippen LogP contribution in [0.25, 0.3) is 0 Å². The molecular weight excluding hydrogens is 210 g/mol. The number of pyridine rings is 1. The minimum absolute atomic E-state index is 0. The van der Waals surface area contributed by atoms with Crippen LogP contribution in [0.2, 0.25) is 0 Å². The molecule has 1 heterocycles. The van der Waals surface area contributed by atoms with Crippen molar-refractivity contribution in [3.05, 3.63) is 59.9 Å². The Balaban J connectivity index is 0.00000112. The van der Waals surface area contributed by atoms with Crippen LogP contribution in [0.4, 0.5) is 0 Å². The van der Waals surface area contributed by atoms with Crippen LogP contribution >= 0.6 is 12.4 Å². The Labute approximate surface area is 95.0 Å². The summed E-state index contributed by atoms with van der Waals surface area (Å²) in [6, 6.07) is 13.1. The summed E-state index contributed by atoms with van der Waals surface area (Å²) in [6.45, 7) is 0. The number of nitrogens with zero attached hydrogens (tertiary/aromatic N) is 1. The van der Waals surface area contributed by atoms with E-state index in [1.165, 1.54) is 0 Å². The molecule has 3 heteroatoms. The van der Waals surface area contributed by atoms with Crippen molar-refractivity contribution in [3.8, 4) is 5.75 Å². The summed E-state index contributed by atoms with van der Waals surface area (Å²) < 4.78 is 0. The molecule has 0 unspecified atom stereocenters. The first-order valence-electron chi connectivity index (χ1n) is 4.53. The smallest absolute Gasteiger partial charge is 0.119 e. The third-order valence-corrected chi connectivity index (χ3v) is 2.09. The van der Waals surface area contributed by atoms with Crippen LogP contribution in [0.3, 0.4) is 0 Å². The zero-order valence-corrected chi connectivity index (χ0v) is 8.95. The van der Waals surface area contributed by atoms with Crippen molar-refractivity contribution >= 4 is 12.4 Å². The van der Waals surface area contributed by atoms with Gasteiger partial charge in [-0.2, -0.15) is 0 Å². The van der Waals surface area contributed by atoms with E-state index in [0.717, 1.165) is 11.3 Å². The Kier molecular flexibility index (Phi) is 4.13. The van der Waals surface area contributed by atoms with Crippen LogP contribution < -0.4 is 0 Å². The number of halogens is 1. The van der Waals surface area contributed by atoms with Gasteiger partial charge in [0.15, 0.2) is 0 Å². The minimum Gasteiger partial charge on any atom is -0.508 e. The Morgan fingerprint density at radius 3 is 2.40 bits per heavy atom. The maximum atomic E-state index is 9.54. The zero-order valence-electron chi connectivity index (χ0n) is 8.13. The van der Waals surface area contributed by atoms with Gasteiger partial charge in [-0.15, -0.1) is 12.4 Å². The summed E-state index contributed by atoms with van der Waals surface area (Å²) in [5, 5.41) is 9.54. The van der Waals surface area contributed by atoms with Gasteiger partial charge in [-0.25, -0.2) is 0 Å². The molecule has 0 aliphatic rings. The largest absolute Gasteiger partial charge is 0.508 e. The van der Waals surface area contributed by atoms with E-state index in [0.29, 0.717) is 12.2 Å². The highest BCUT2D eigenvalue weighted by Crippen LogP contribution is 2.18. The molecule has 0 saturated heterocycles. The lowest BCUT2D eigenvalue weighted by Gasteiger charge is -2.02. The first-order chi connectivity index (χ1) is 6.86. The molecule has 0 aliphatic carbocycles. The molecule has 0 radical (unpaired) electrons. The van der Waals surface area contributed by atoms with E-state index in [9.17, 15) is 5.11 Å². The maximum Gasteiger partial charge on any atom is 0.119 e. The predicted molar refractivity (Wildman–Crippen MR) is 62.4 cm³/mol. The van der Waals surface area contributed by atoms with Crippen LogP contribution in [-0.4, -0.2) is 10.1 Å². The van der Waals surface area contributed by atoms with Gasteiger partial charge >= 0.3 is 0 Å². The zero-order chi connectivity index (χ0) is 9.80. The summed E-state index contributed by atoms with van der Waals surface area (Å²) in [5.41, 5.74) is 1.88. The number of para-hydroxylation sites is 1. The molecule has 15 heavy (non-hydrogen) atoms. The fourth-order valence-corrected chi connectivity index (χ4v) is 1.36. The molecule has 1 aromatic heterocycles. The highest BCUT2D eigenvalue weighted by atomic mass is 35.5. The average Bonchev–Trinajstić information content (AvgIpc) is 2.23. The van der Waals surface area contributed by atoms with Crippen molar-refractivity contribution in [1.29, 1.82) is 0 Å². The average molecular weight is 222 g/mol. The molecule has 0 aliphatic heterocycles. The van der Waals surface area contributed by atoms with Crippen molar-refractivity contribution < 1.29 is 5.11 Å². The van der Waals surface area contributed by atoms with Crippen LogP contribution in [0, 0.1) is 0 Å². The quantitative estimate of drug-likeness (QED) is 0.846. The van der Waals surface area contributed by atoms with Crippen LogP contribution in [0.1, 0.15) is 11.3 Å². The van der Waals surface area contributed by atoms with Crippen LogP contribution in [0.15, 0.2) is 48.7 Å². The molecule has 0 spiro atoms. The number of aromatic hydroxyl groups is 1. The second-order valence-corrected chi connectivity index (χ2v) is 3.13. The van der Waals surface area contributed by atoms with Gasteiger partial charge in [-0.05, 0) is 23.8 Å². The molecule has 78 valence electrons. The van der Waals surface area contributed by atoms with Gasteiger partial charge in [-0.1, -0.05) is 24.3 Å². The van der Waals surface area contributed by atoms with Gasteiger partial charge in [0, 0.05) is 18.3 Å². The van der Waals surface area contributed by atoms with Crippen LogP contribution in [-0.2, 0) is 6.42 Å². The third kappa shape index (κ3) is 2.96. The van der Waals surface area contributed by atoms with Crippen molar-refractivity contribution in [2.24, 2.45) is 0 Å². The van der Waals surface area contributed by atoms with E-state index in [4.69, 9.17) is 0 Å². The van der Waals surface area contributed by atoms with E-state index in [-0.39, 0.29) is 12.4 Å². The number of aromatic nitrogens is 1. The number of phenolic OH excluding ortho intramolecular Hbond substituents is 1. The number of benzene rings is 1. The van der Waals surface area contributed by atoms with E-state index in [2.05, 4.69) is 4.98 Å². The first-order valence-corrected chi connectivity index (χ1v) is 4.53. The molecule has 0 bridgehead atoms. The maximum absolute atomic E-state index is 9.54. The van der Waals surface area contributed by atoms with Gasteiger partial charge in [0.1, 0.15) is 5.75 Å². The fourth-order valence-electron chi connectivity index (χ4n) is 1.36. The second kappa shape index (κ2) is 5.37. The lowest BCUT2D eigenvalue weighted by Crippen LogP contribution is -1.90. The highest BCUT2D eigenvalue weighted by Gasteiger charge is 2.00. The Morgan fingerprint density at radius 2 is 1.73 bits per heavy atom.